The fourth-order valence-corrected chi connectivity index (χ4v) is 2.60. The fourth-order valence-electron chi connectivity index (χ4n) is 2.60. The van der Waals surface area contributed by atoms with E-state index >= 15 is 0 Å². The van der Waals surface area contributed by atoms with Crippen molar-refractivity contribution in [3.8, 4) is 0 Å². The molecule has 2 heterocycles. The van der Waals surface area contributed by atoms with Crippen LogP contribution in [0.25, 0.3) is 10.8 Å². The molecular formula is C14H16N2. The first-order valence-electron chi connectivity index (χ1n) is 5.98. The van der Waals surface area contributed by atoms with Crippen molar-refractivity contribution in [1.29, 1.82) is 0 Å². The van der Waals surface area contributed by atoms with E-state index in [9.17, 15) is 0 Å². The van der Waals surface area contributed by atoms with Gasteiger partial charge in [-0.05, 0) is 42.8 Å². The van der Waals surface area contributed by atoms with Crippen LogP contribution in [-0.4, -0.2) is 18.1 Å². The topological polar surface area (TPSA) is 24.9 Å². The summed E-state index contributed by atoms with van der Waals surface area (Å²) in [6.07, 6.45) is 6.48. The number of aromatic nitrogens is 1. The van der Waals surface area contributed by atoms with E-state index in [-0.39, 0.29) is 0 Å². The van der Waals surface area contributed by atoms with Crippen LogP contribution < -0.4 is 5.32 Å². The maximum absolute atomic E-state index is 4.37. The Morgan fingerprint density at radius 1 is 1.06 bits per heavy atom. The van der Waals surface area contributed by atoms with Crippen molar-refractivity contribution in [1.82, 2.24) is 10.3 Å². The second-order valence-electron chi connectivity index (χ2n) is 4.47. The summed E-state index contributed by atoms with van der Waals surface area (Å²) in [5.41, 5.74) is 1.43. The van der Waals surface area contributed by atoms with E-state index in [1.54, 1.807) is 0 Å². The van der Waals surface area contributed by atoms with Crippen molar-refractivity contribution in [3.05, 3.63) is 42.2 Å². The van der Waals surface area contributed by atoms with Crippen molar-refractivity contribution in [2.75, 3.05) is 13.1 Å². The number of rotatable bonds is 1. The molecule has 0 unspecified atom stereocenters. The second-order valence-corrected chi connectivity index (χ2v) is 4.47. The minimum atomic E-state index is 0.680. The molecule has 0 atom stereocenters. The minimum Gasteiger partial charge on any atom is -0.317 e. The zero-order chi connectivity index (χ0) is 10.8. The molecule has 0 radical (unpaired) electrons. The van der Waals surface area contributed by atoms with E-state index < -0.39 is 0 Å². The Hall–Kier alpha value is -1.41. The molecule has 1 aliphatic rings. The van der Waals surface area contributed by atoms with Gasteiger partial charge in [-0.1, -0.05) is 24.3 Å². The fraction of sp³-hybridized carbons (Fsp3) is 0.357. The lowest BCUT2D eigenvalue weighted by Gasteiger charge is -2.23. The van der Waals surface area contributed by atoms with Crippen LogP contribution in [0.5, 0.6) is 0 Å². The highest BCUT2D eigenvalue weighted by molar-refractivity contribution is 5.85. The lowest BCUT2D eigenvalue weighted by Crippen LogP contribution is -2.26. The SMILES string of the molecule is c1ccc2c(C3CCNCC3)cncc2c1. The van der Waals surface area contributed by atoms with Gasteiger partial charge in [0.05, 0.1) is 0 Å². The van der Waals surface area contributed by atoms with Gasteiger partial charge in [0.15, 0.2) is 0 Å². The number of nitrogens with zero attached hydrogens (tertiary/aromatic N) is 1. The van der Waals surface area contributed by atoms with E-state index in [0.29, 0.717) is 5.92 Å². The number of fused-ring (bicyclic) bond motifs is 1. The number of benzene rings is 1. The Labute approximate surface area is 95.7 Å². The summed E-state index contributed by atoms with van der Waals surface area (Å²) in [5.74, 6) is 0.680. The maximum Gasteiger partial charge on any atom is 0.0346 e. The van der Waals surface area contributed by atoms with Crippen LogP contribution in [-0.2, 0) is 0 Å². The highest BCUT2D eigenvalue weighted by Gasteiger charge is 2.17. The van der Waals surface area contributed by atoms with Gasteiger partial charge in [-0.25, -0.2) is 0 Å². The summed E-state index contributed by atoms with van der Waals surface area (Å²) in [7, 11) is 0. The average Bonchev–Trinajstić information content (AvgIpc) is 2.39. The number of pyridine rings is 1. The number of hydrogen-bond donors (Lipinski definition) is 1. The Kier molecular flexibility index (Phi) is 2.58. The maximum atomic E-state index is 4.37. The monoisotopic (exact) mass is 212 g/mol. The molecule has 0 amide bonds. The van der Waals surface area contributed by atoms with Crippen molar-refractivity contribution < 1.29 is 0 Å². The smallest absolute Gasteiger partial charge is 0.0346 e. The largest absolute Gasteiger partial charge is 0.317 e. The van der Waals surface area contributed by atoms with E-state index in [0.717, 1.165) is 13.1 Å². The first-order valence-corrected chi connectivity index (χ1v) is 5.98. The molecule has 3 rings (SSSR count). The molecule has 0 spiro atoms. The second kappa shape index (κ2) is 4.22. The van der Waals surface area contributed by atoms with Gasteiger partial charge >= 0.3 is 0 Å². The summed E-state index contributed by atoms with van der Waals surface area (Å²) in [4.78, 5) is 4.37. The van der Waals surface area contributed by atoms with Crippen molar-refractivity contribution in [3.63, 3.8) is 0 Å². The van der Waals surface area contributed by atoms with Gasteiger partial charge in [0, 0.05) is 17.8 Å². The molecule has 2 heteroatoms. The van der Waals surface area contributed by atoms with Crippen molar-refractivity contribution in [2.24, 2.45) is 0 Å². The van der Waals surface area contributed by atoms with Gasteiger partial charge in [-0.15, -0.1) is 0 Å². The predicted molar refractivity (Wildman–Crippen MR) is 66.6 cm³/mol. The predicted octanol–water partition coefficient (Wildman–Crippen LogP) is 2.70. The summed E-state index contributed by atoms with van der Waals surface area (Å²) in [6, 6.07) is 8.56. The zero-order valence-electron chi connectivity index (χ0n) is 9.32. The molecule has 1 N–H and O–H groups in total. The van der Waals surface area contributed by atoms with Gasteiger partial charge in [0.1, 0.15) is 0 Å². The van der Waals surface area contributed by atoms with Gasteiger partial charge in [0.2, 0.25) is 0 Å². The van der Waals surface area contributed by atoms with Crippen LogP contribution in [0.2, 0.25) is 0 Å². The summed E-state index contributed by atoms with van der Waals surface area (Å²) < 4.78 is 0. The summed E-state index contributed by atoms with van der Waals surface area (Å²) in [5, 5.41) is 6.05. The average molecular weight is 212 g/mol. The molecule has 1 aliphatic heterocycles. The lowest BCUT2D eigenvalue weighted by atomic mass is 9.88. The zero-order valence-corrected chi connectivity index (χ0v) is 9.32. The molecule has 82 valence electrons. The van der Waals surface area contributed by atoms with E-state index in [4.69, 9.17) is 0 Å². The van der Waals surface area contributed by atoms with Crippen LogP contribution in [0.3, 0.4) is 0 Å². The molecule has 2 aromatic rings. The van der Waals surface area contributed by atoms with E-state index in [1.165, 1.54) is 29.2 Å². The molecule has 1 aromatic heterocycles. The third-order valence-electron chi connectivity index (χ3n) is 3.48. The van der Waals surface area contributed by atoms with E-state index in [2.05, 4.69) is 40.8 Å². The third-order valence-corrected chi connectivity index (χ3v) is 3.48. The molecule has 0 saturated carbocycles. The Balaban J connectivity index is 2.08. The molecule has 16 heavy (non-hydrogen) atoms. The molecule has 2 nitrogen and oxygen atoms in total. The highest BCUT2D eigenvalue weighted by atomic mass is 14.9. The Morgan fingerprint density at radius 2 is 1.88 bits per heavy atom. The first kappa shape index (κ1) is 9.79. The van der Waals surface area contributed by atoms with Crippen LogP contribution in [0.1, 0.15) is 24.3 Å². The minimum absolute atomic E-state index is 0.680. The normalized spacial score (nSPS) is 17.8. The van der Waals surface area contributed by atoms with Crippen molar-refractivity contribution in [2.45, 2.75) is 18.8 Å². The van der Waals surface area contributed by atoms with Crippen LogP contribution in [0.4, 0.5) is 0 Å². The molecule has 1 aromatic carbocycles. The van der Waals surface area contributed by atoms with Crippen LogP contribution in [0.15, 0.2) is 36.7 Å². The van der Waals surface area contributed by atoms with Crippen molar-refractivity contribution >= 4 is 10.8 Å². The van der Waals surface area contributed by atoms with Gasteiger partial charge < -0.3 is 5.32 Å². The molecule has 0 bridgehead atoms. The Bertz CT molecular complexity index is 482. The standard InChI is InChI=1S/C14H16N2/c1-2-4-13-12(3-1)9-16-10-14(13)11-5-7-15-8-6-11/h1-4,9-11,15H,5-8H2. The Morgan fingerprint density at radius 3 is 2.75 bits per heavy atom. The van der Waals surface area contributed by atoms with Gasteiger partial charge in [-0.2, -0.15) is 0 Å². The third kappa shape index (κ3) is 1.69. The van der Waals surface area contributed by atoms with E-state index in [1.807, 2.05) is 6.20 Å². The summed E-state index contributed by atoms with van der Waals surface area (Å²) in [6.45, 7) is 2.27. The lowest BCUT2D eigenvalue weighted by molar-refractivity contribution is 0.461. The summed E-state index contributed by atoms with van der Waals surface area (Å²) >= 11 is 0. The van der Waals surface area contributed by atoms with Crippen LogP contribution in [0, 0.1) is 0 Å². The molecule has 1 saturated heterocycles. The molecular weight excluding hydrogens is 196 g/mol. The van der Waals surface area contributed by atoms with Gasteiger partial charge in [-0.3, -0.25) is 4.98 Å². The highest BCUT2D eigenvalue weighted by Crippen LogP contribution is 2.30. The van der Waals surface area contributed by atoms with Crippen LogP contribution >= 0.6 is 0 Å². The van der Waals surface area contributed by atoms with Gasteiger partial charge in [0.25, 0.3) is 0 Å². The molecule has 0 aliphatic carbocycles. The number of piperidine rings is 1. The molecule has 1 fully saturated rings. The number of nitrogens with one attached hydrogen (secondary N) is 1. The number of hydrogen-bond acceptors (Lipinski definition) is 2. The first-order chi connectivity index (χ1) is 7.95. The quantitative estimate of drug-likeness (QED) is 0.786.